The molecule has 1 aromatic carbocycles. The molecule has 2 heterocycles. The smallest absolute Gasteiger partial charge is 0.146 e. The number of aromatic nitrogens is 2. The summed E-state index contributed by atoms with van der Waals surface area (Å²) in [5.41, 5.74) is 3.19. The summed E-state index contributed by atoms with van der Waals surface area (Å²) in [7, 11) is 0. The van der Waals surface area contributed by atoms with Gasteiger partial charge < -0.3 is 9.88 Å². The highest BCUT2D eigenvalue weighted by Crippen LogP contribution is 2.29. The summed E-state index contributed by atoms with van der Waals surface area (Å²) >= 11 is 6.13. The van der Waals surface area contributed by atoms with E-state index in [1.54, 1.807) is 0 Å². The highest BCUT2D eigenvalue weighted by atomic mass is 35.5. The molecule has 0 aliphatic heterocycles. The maximum absolute atomic E-state index is 6.13. The second kappa shape index (κ2) is 6.25. The average Bonchev–Trinajstić information content (AvgIpc) is 3.01. The van der Waals surface area contributed by atoms with Crippen LogP contribution in [0.4, 0.5) is 5.69 Å². The summed E-state index contributed by atoms with van der Waals surface area (Å²) in [6, 6.07) is 12.7. The second-order valence-corrected chi connectivity index (χ2v) is 6.68. The zero-order valence-corrected chi connectivity index (χ0v) is 13.8. The van der Waals surface area contributed by atoms with E-state index in [9.17, 15) is 0 Å². The maximum atomic E-state index is 6.13. The number of nitrogens with zero attached hydrogens (tertiary/aromatic N) is 2. The molecule has 1 saturated carbocycles. The van der Waals surface area contributed by atoms with Crippen molar-refractivity contribution < 1.29 is 0 Å². The number of fused-ring (bicyclic) bond motifs is 1. The SMILES string of the molecule is Clc1cccc(-n2ccc3c(NC4CCCCC4)ccnc32)c1. The molecule has 1 fully saturated rings. The fourth-order valence-corrected chi connectivity index (χ4v) is 3.65. The molecule has 0 spiro atoms. The molecule has 0 unspecified atom stereocenters. The average molecular weight is 326 g/mol. The molecule has 4 heteroatoms. The third-order valence-electron chi connectivity index (χ3n) is 4.64. The first-order valence-corrected chi connectivity index (χ1v) is 8.67. The Morgan fingerprint density at radius 1 is 1.09 bits per heavy atom. The van der Waals surface area contributed by atoms with Crippen molar-refractivity contribution in [1.29, 1.82) is 0 Å². The zero-order chi connectivity index (χ0) is 15.6. The van der Waals surface area contributed by atoms with E-state index in [1.807, 2.05) is 30.5 Å². The number of nitrogens with one attached hydrogen (secondary N) is 1. The summed E-state index contributed by atoms with van der Waals surface area (Å²) in [5.74, 6) is 0. The third kappa shape index (κ3) is 2.93. The van der Waals surface area contributed by atoms with Gasteiger partial charge in [-0.1, -0.05) is 36.9 Å². The standard InChI is InChI=1S/C19H20ClN3/c20-14-5-4-8-16(13-14)23-12-10-17-18(9-11-21-19(17)23)22-15-6-2-1-3-7-15/h4-5,8-13,15H,1-3,6-7H2,(H,21,22). The summed E-state index contributed by atoms with van der Waals surface area (Å²) in [6.45, 7) is 0. The Balaban J connectivity index is 1.71. The minimum Gasteiger partial charge on any atom is -0.382 e. The van der Waals surface area contributed by atoms with Crippen LogP contribution in [0.15, 0.2) is 48.8 Å². The molecular weight excluding hydrogens is 306 g/mol. The minimum atomic E-state index is 0.587. The lowest BCUT2D eigenvalue weighted by Gasteiger charge is -2.24. The number of hydrogen-bond donors (Lipinski definition) is 1. The van der Waals surface area contributed by atoms with Crippen LogP contribution >= 0.6 is 11.6 Å². The lowest BCUT2D eigenvalue weighted by molar-refractivity contribution is 0.463. The fraction of sp³-hybridized carbons (Fsp3) is 0.316. The van der Waals surface area contributed by atoms with Gasteiger partial charge in [0.1, 0.15) is 5.65 Å². The van der Waals surface area contributed by atoms with Gasteiger partial charge in [-0.05, 0) is 43.2 Å². The fourth-order valence-electron chi connectivity index (χ4n) is 3.47. The maximum Gasteiger partial charge on any atom is 0.146 e. The molecule has 1 N–H and O–H groups in total. The van der Waals surface area contributed by atoms with Crippen LogP contribution in [0.1, 0.15) is 32.1 Å². The van der Waals surface area contributed by atoms with E-state index >= 15 is 0 Å². The van der Waals surface area contributed by atoms with Gasteiger partial charge in [-0.2, -0.15) is 0 Å². The molecule has 1 aliphatic carbocycles. The monoisotopic (exact) mass is 325 g/mol. The predicted molar refractivity (Wildman–Crippen MR) is 96.6 cm³/mol. The van der Waals surface area contributed by atoms with E-state index in [-0.39, 0.29) is 0 Å². The van der Waals surface area contributed by atoms with E-state index in [0.29, 0.717) is 6.04 Å². The lowest BCUT2D eigenvalue weighted by Crippen LogP contribution is -2.22. The van der Waals surface area contributed by atoms with E-state index in [2.05, 4.69) is 33.2 Å². The van der Waals surface area contributed by atoms with Crippen LogP contribution in [0.3, 0.4) is 0 Å². The van der Waals surface area contributed by atoms with Gasteiger partial charge in [0, 0.05) is 40.2 Å². The Hall–Kier alpha value is -2.00. The van der Waals surface area contributed by atoms with Crippen LogP contribution in [-0.4, -0.2) is 15.6 Å². The normalized spacial score (nSPS) is 15.9. The van der Waals surface area contributed by atoms with Gasteiger partial charge in [-0.25, -0.2) is 4.98 Å². The highest BCUT2D eigenvalue weighted by Gasteiger charge is 2.15. The van der Waals surface area contributed by atoms with E-state index < -0.39 is 0 Å². The van der Waals surface area contributed by atoms with Crippen molar-refractivity contribution in [2.75, 3.05) is 5.32 Å². The number of anilines is 1. The lowest BCUT2D eigenvalue weighted by atomic mass is 9.95. The van der Waals surface area contributed by atoms with E-state index in [1.165, 1.54) is 37.8 Å². The van der Waals surface area contributed by atoms with Gasteiger partial charge in [-0.15, -0.1) is 0 Å². The van der Waals surface area contributed by atoms with Gasteiger partial charge in [-0.3, -0.25) is 0 Å². The van der Waals surface area contributed by atoms with Crippen molar-refractivity contribution in [2.24, 2.45) is 0 Å². The summed E-state index contributed by atoms with van der Waals surface area (Å²) < 4.78 is 2.09. The Kier molecular flexibility index (Phi) is 3.96. The van der Waals surface area contributed by atoms with Gasteiger partial charge in [0.2, 0.25) is 0 Å². The van der Waals surface area contributed by atoms with Crippen LogP contribution in [0.2, 0.25) is 5.02 Å². The summed E-state index contributed by atoms with van der Waals surface area (Å²) in [5, 5.41) is 5.62. The molecule has 0 bridgehead atoms. The second-order valence-electron chi connectivity index (χ2n) is 6.24. The van der Waals surface area contributed by atoms with E-state index in [0.717, 1.165) is 21.7 Å². The molecule has 2 aromatic heterocycles. The Bertz CT molecular complexity index is 818. The molecule has 1 aliphatic rings. The first kappa shape index (κ1) is 14.6. The zero-order valence-electron chi connectivity index (χ0n) is 13.0. The third-order valence-corrected chi connectivity index (χ3v) is 4.87. The quantitative estimate of drug-likeness (QED) is 0.696. The van der Waals surface area contributed by atoms with Crippen molar-refractivity contribution >= 4 is 28.3 Å². The highest BCUT2D eigenvalue weighted by molar-refractivity contribution is 6.30. The first-order chi connectivity index (χ1) is 11.3. The van der Waals surface area contributed by atoms with E-state index in [4.69, 9.17) is 11.6 Å². The van der Waals surface area contributed by atoms with Gasteiger partial charge in [0.05, 0.1) is 0 Å². The number of hydrogen-bond acceptors (Lipinski definition) is 2. The van der Waals surface area contributed by atoms with Gasteiger partial charge in [0.25, 0.3) is 0 Å². The Morgan fingerprint density at radius 2 is 1.96 bits per heavy atom. The minimum absolute atomic E-state index is 0.587. The Morgan fingerprint density at radius 3 is 2.78 bits per heavy atom. The van der Waals surface area contributed by atoms with Crippen molar-refractivity contribution in [2.45, 2.75) is 38.1 Å². The molecule has 0 saturated heterocycles. The molecule has 23 heavy (non-hydrogen) atoms. The Labute approximate surface area is 141 Å². The van der Waals surface area contributed by atoms with Crippen LogP contribution < -0.4 is 5.32 Å². The van der Waals surface area contributed by atoms with Gasteiger partial charge >= 0.3 is 0 Å². The number of rotatable bonds is 3. The summed E-state index contributed by atoms with van der Waals surface area (Å²) in [6.07, 6.45) is 10.5. The molecule has 4 rings (SSSR count). The van der Waals surface area contributed by atoms with Crippen LogP contribution in [-0.2, 0) is 0 Å². The molecule has 118 valence electrons. The van der Waals surface area contributed by atoms with Crippen LogP contribution in [0, 0.1) is 0 Å². The summed E-state index contributed by atoms with van der Waals surface area (Å²) in [4.78, 5) is 4.58. The van der Waals surface area contributed by atoms with Crippen molar-refractivity contribution in [3.63, 3.8) is 0 Å². The number of pyridine rings is 1. The van der Waals surface area contributed by atoms with Gasteiger partial charge in [0.15, 0.2) is 0 Å². The first-order valence-electron chi connectivity index (χ1n) is 8.30. The molecule has 0 atom stereocenters. The van der Waals surface area contributed by atoms with Crippen molar-refractivity contribution in [1.82, 2.24) is 9.55 Å². The van der Waals surface area contributed by atoms with Crippen molar-refractivity contribution in [3.8, 4) is 5.69 Å². The number of halogens is 1. The number of benzene rings is 1. The topological polar surface area (TPSA) is 29.9 Å². The van der Waals surface area contributed by atoms with Crippen LogP contribution in [0.25, 0.3) is 16.7 Å². The van der Waals surface area contributed by atoms with Crippen LogP contribution in [0.5, 0.6) is 0 Å². The largest absolute Gasteiger partial charge is 0.382 e. The molecule has 0 radical (unpaired) electrons. The molecular formula is C19H20ClN3. The molecule has 3 nitrogen and oxygen atoms in total. The predicted octanol–water partition coefficient (Wildman–Crippen LogP) is 5.42. The molecule has 3 aromatic rings. The molecule has 0 amide bonds. The van der Waals surface area contributed by atoms with Crippen molar-refractivity contribution in [3.05, 3.63) is 53.8 Å².